The van der Waals surface area contributed by atoms with Crippen LogP contribution in [0.5, 0.6) is 0 Å². The third-order valence-corrected chi connectivity index (χ3v) is 1.89. The highest BCUT2D eigenvalue weighted by atomic mass is 16.6. The average molecular weight is 190 g/mol. The number of esters is 1. The average Bonchev–Trinajstić information content (AvgIpc) is 2.14. The topological polar surface area (TPSA) is 55.8 Å². The zero-order valence-corrected chi connectivity index (χ0v) is 8.50. The minimum Gasteiger partial charge on any atom is -0.464 e. The highest BCUT2D eigenvalue weighted by molar-refractivity contribution is 5.78. The summed E-state index contributed by atoms with van der Waals surface area (Å²) in [5, 5.41) is 8.56. The molecule has 0 aromatic carbocycles. The first-order valence-corrected chi connectivity index (χ1v) is 4.52. The first-order valence-electron chi connectivity index (χ1n) is 4.52. The minimum absolute atomic E-state index is 0.0883. The summed E-state index contributed by atoms with van der Waals surface area (Å²) in [5.41, 5.74) is -0.918. The standard InChI is InChI=1S/C9H18O4/c1-4-9(3,13-7-6-10)8(11)12-5-2/h10H,4-7H2,1-3H3. The van der Waals surface area contributed by atoms with Crippen molar-refractivity contribution in [3.8, 4) is 0 Å². The molecular weight excluding hydrogens is 172 g/mol. The van der Waals surface area contributed by atoms with Crippen LogP contribution >= 0.6 is 0 Å². The molecule has 4 nitrogen and oxygen atoms in total. The number of aliphatic hydroxyl groups is 1. The van der Waals surface area contributed by atoms with Gasteiger partial charge in [0.25, 0.3) is 0 Å². The van der Waals surface area contributed by atoms with Crippen LogP contribution in [0.1, 0.15) is 27.2 Å². The van der Waals surface area contributed by atoms with Crippen LogP contribution in [0.15, 0.2) is 0 Å². The smallest absolute Gasteiger partial charge is 0.338 e. The number of aliphatic hydroxyl groups excluding tert-OH is 1. The lowest BCUT2D eigenvalue weighted by Gasteiger charge is -2.25. The van der Waals surface area contributed by atoms with Crippen LogP contribution in [0, 0.1) is 0 Å². The van der Waals surface area contributed by atoms with Crippen molar-refractivity contribution in [2.75, 3.05) is 19.8 Å². The molecule has 0 aromatic heterocycles. The van der Waals surface area contributed by atoms with Gasteiger partial charge < -0.3 is 14.6 Å². The van der Waals surface area contributed by atoms with Gasteiger partial charge in [0.2, 0.25) is 0 Å². The second-order valence-electron chi connectivity index (χ2n) is 2.88. The summed E-state index contributed by atoms with van der Waals surface area (Å²) in [6.07, 6.45) is 0.534. The Morgan fingerprint density at radius 1 is 1.46 bits per heavy atom. The maximum Gasteiger partial charge on any atom is 0.338 e. The molecule has 0 aliphatic rings. The number of carbonyl (C=O) groups is 1. The van der Waals surface area contributed by atoms with E-state index in [9.17, 15) is 4.79 Å². The Labute approximate surface area is 78.8 Å². The fourth-order valence-corrected chi connectivity index (χ4v) is 0.860. The number of hydrogen-bond acceptors (Lipinski definition) is 4. The fourth-order valence-electron chi connectivity index (χ4n) is 0.860. The van der Waals surface area contributed by atoms with Crippen molar-refractivity contribution in [2.45, 2.75) is 32.8 Å². The largest absolute Gasteiger partial charge is 0.464 e. The Kier molecular flexibility index (Phi) is 5.66. The molecule has 0 aliphatic heterocycles. The Morgan fingerprint density at radius 2 is 2.08 bits per heavy atom. The molecule has 1 atom stereocenters. The van der Waals surface area contributed by atoms with Gasteiger partial charge >= 0.3 is 5.97 Å². The molecule has 0 radical (unpaired) electrons. The lowest BCUT2D eigenvalue weighted by molar-refractivity contribution is -0.171. The van der Waals surface area contributed by atoms with Gasteiger partial charge in [-0.1, -0.05) is 6.92 Å². The number of ether oxygens (including phenoxy) is 2. The Balaban J connectivity index is 4.16. The molecule has 0 aromatic rings. The Bertz CT molecular complexity index is 158. The number of carbonyl (C=O) groups excluding carboxylic acids is 1. The first kappa shape index (κ1) is 12.4. The molecule has 4 heteroatoms. The molecule has 0 spiro atoms. The third-order valence-electron chi connectivity index (χ3n) is 1.89. The van der Waals surface area contributed by atoms with E-state index < -0.39 is 5.60 Å². The number of rotatable bonds is 6. The van der Waals surface area contributed by atoms with Gasteiger partial charge in [-0.15, -0.1) is 0 Å². The van der Waals surface area contributed by atoms with Crippen molar-refractivity contribution in [3.05, 3.63) is 0 Å². The SMILES string of the molecule is CCOC(=O)C(C)(CC)OCCO. The van der Waals surface area contributed by atoms with Crippen molar-refractivity contribution >= 4 is 5.97 Å². The monoisotopic (exact) mass is 190 g/mol. The van der Waals surface area contributed by atoms with Crippen molar-refractivity contribution in [1.82, 2.24) is 0 Å². The van der Waals surface area contributed by atoms with E-state index in [1.165, 1.54) is 0 Å². The molecule has 0 heterocycles. The van der Waals surface area contributed by atoms with E-state index in [0.717, 1.165) is 0 Å². The van der Waals surface area contributed by atoms with E-state index >= 15 is 0 Å². The van der Waals surface area contributed by atoms with Gasteiger partial charge in [0.15, 0.2) is 5.60 Å². The van der Waals surface area contributed by atoms with Gasteiger partial charge in [-0.2, -0.15) is 0 Å². The third kappa shape index (κ3) is 3.74. The lowest BCUT2D eigenvalue weighted by atomic mass is 10.0. The maximum absolute atomic E-state index is 11.4. The van der Waals surface area contributed by atoms with E-state index in [1.807, 2.05) is 6.92 Å². The van der Waals surface area contributed by atoms with Gasteiger partial charge in [-0.3, -0.25) is 0 Å². The van der Waals surface area contributed by atoms with E-state index in [1.54, 1.807) is 13.8 Å². The van der Waals surface area contributed by atoms with E-state index in [4.69, 9.17) is 14.6 Å². The Morgan fingerprint density at radius 3 is 2.46 bits per heavy atom. The van der Waals surface area contributed by atoms with Crippen molar-refractivity contribution in [3.63, 3.8) is 0 Å². The second-order valence-corrected chi connectivity index (χ2v) is 2.88. The van der Waals surface area contributed by atoms with E-state index in [-0.39, 0.29) is 19.2 Å². The lowest BCUT2D eigenvalue weighted by Crippen LogP contribution is -2.40. The normalized spacial score (nSPS) is 15.1. The second kappa shape index (κ2) is 5.94. The molecule has 0 rings (SSSR count). The van der Waals surface area contributed by atoms with Crippen LogP contribution in [-0.4, -0.2) is 36.5 Å². The first-order chi connectivity index (χ1) is 6.10. The van der Waals surface area contributed by atoms with Crippen molar-refractivity contribution in [2.24, 2.45) is 0 Å². The van der Waals surface area contributed by atoms with E-state index in [2.05, 4.69) is 0 Å². The zero-order chi connectivity index (χ0) is 10.3. The van der Waals surface area contributed by atoms with Crippen molar-refractivity contribution < 1.29 is 19.4 Å². The summed E-state index contributed by atoms with van der Waals surface area (Å²) in [7, 11) is 0. The molecule has 0 amide bonds. The highest BCUT2D eigenvalue weighted by Gasteiger charge is 2.33. The predicted octanol–water partition coefficient (Wildman–Crippen LogP) is 0.727. The Hall–Kier alpha value is -0.610. The van der Waals surface area contributed by atoms with Crippen LogP contribution < -0.4 is 0 Å². The minimum atomic E-state index is -0.918. The van der Waals surface area contributed by atoms with Crippen LogP contribution in [0.4, 0.5) is 0 Å². The summed E-state index contributed by atoms with van der Waals surface area (Å²) in [4.78, 5) is 11.4. The van der Waals surface area contributed by atoms with Crippen LogP contribution in [0.3, 0.4) is 0 Å². The molecule has 13 heavy (non-hydrogen) atoms. The van der Waals surface area contributed by atoms with Gasteiger partial charge in [0, 0.05) is 0 Å². The summed E-state index contributed by atoms with van der Waals surface area (Å²) in [6.45, 7) is 5.67. The summed E-state index contributed by atoms with van der Waals surface area (Å²) in [5.74, 6) is -0.369. The highest BCUT2D eigenvalue weighted by Crippen LogP contribution is 2.16. The predicted molar refractivity (Wildman–Crippen MR) is 48.4 cm³/mol. The quantitative estimate of drug-likeness (QED) is 0.627. The molecular formula is C9H18O4. The molecule has 0 bridgehead atoms. The fraction of sp³-hybridized carbons (Fsp3) is 0.889. The zero-order valence-electron chi connectivity index (χ0n) is 8.50. The van der Waals surface area contributed by atoms with Gasteiger partial charge in [0.1, 0.15) is 0 Å². The van der Waals surface area contributed by atoms with E-state index in [0.29, 0.717) is 13.0 Å². The van der Waals surface area contributed by atoms with Gasteiger partial charge in [-0.25, -0.2) is 4.79 Å². The van der Waals surface area contributed by atoms with Gasteiger partial charge in [0.05, 0.1) is 19.8 Å². The number of hydrogen-bond donors (Lipinski definition) is 1. The summed E-state index contributed by atoms with van der Waals surface area (Å²) < 4.78 is 10.1. The molecule has 0 saturated heterocycles. The van der Waals surface area contributed by atoms with Crippen LogP contribution in [0.2, 0.25) is 0 Å². The molecule has 1 N–H and O–H groups in total. The summed E-state index contributed by atoms with van der Waals surface area (Å²) >= 11 is 0. The van der Waals surface area contributed by atoms with Crippen LogP contribution in [-0.2, 0) is 14.3 Å². The van der Waals surface area contributed by atoms with Crippen LogP contribution in [0.25, 0.3) is 0 Å². The molecule has 0 saturated carbocycles. The molecule has 0 aliphatic carbocycles. The summed E-state index contributed by atoms with van der Waals surface area (Å²) in [6, 6.07) is 0. The van der Waals surface area contributed by atoms with Crippen molar-refractivity contribution in [1.29, 1.82) is 0 Å². The maximum atomic E-state index is 11.4. The molecule has 0 fully saturated rings. The molecule has 1 unspecified atom stereocenters. The van der Waals surface area contributed by atoms with Gasteiger partial charge in [-0.05, 0) is 20.3 Å². The molecule has 78 valence electrons.